The van der Waals surface area contributed by atoms with Gasteiger partial charge in [-0.05, 0) is 49.2 Å². The predicted octanol–water partition coefficient (Wildman–Crippen LogP) is 3.69. The summed E-state index contributed by atoms with van der Waals surface area (Å²) in [6.45, 7) is 3.94. The molecule has 0 saturated carbocycles. The Hall–Kier alpha value is -2.16. The first-order valence-electron chi connectivity index (χ1n) is 5.79. The molecule has 0 amide bonds. The molecule has 0 unspecified atom stereocenters. The van der Waals surface area contributed by atoms with Crippen LogP contribution < -0.4 is 15.2 Å². The number of methoxy groups -OCH3 is 1. The second kappa shape index (κ2) is 5.00. The Balaban J connectivity index is 2.34. The highest BCUT2D eigenvalue weighted by Gasteiger charge is 2.07. The van der Waals surface area contributed by atoms with Gasteiger partial charge in [-0.1, -0.05) is 12.1 Å². The molecule has 18 heavy (non-hydrogen) atoms. The molecule has 2 aromatic rings. The quantitative estimate of drug-likeness (QED) is 0.836. The standard InChI is InChI=1S/C15H17NO2/c1-10-8-12(9-11(2)15(10)16)18-14-7-5-4-6-13(14)17-3/h4-9H,16H2,1-3H3. The van der Waals surface area contributed by atoms with E-state index in [4.69, 9.17) is 15.2 Å². The number of hydrogen-bond acceptors (Lipinski definition) is 3. The van der Waals surface area contributed by atoms with Crippen LogP contribution in [0.4, 0.5) is 5.69 Å². The Kier molecular flexibility index (Phi) is 3.42. The van der Waals surface area contributed by atoms with Crippen LogP contribution in [0.2, 0.25) is 0 Å². The SMILES string of the molecule is COc1ccccc1Oc1cc(C)c(N)c(C)c1. The molecular formula is C15H17NO2. The fourth-order valence-corrected chi connectivity index (χ4v) is 1.82. The third kappa shape index (κ3) is 2.40. The molecule has 3 nitrogen and oxygen atoms in total. The molecule has 0 aliphatic heterocycles. The van der Waals surface area contributed by atoms with Crippen LogP contribution in [0.15, 0.2) is 36.4 Å². The van der Waals surface area contributed by atoms with Crippen molar-refractivity contribution in [3.63, 3.8) is 0 Å². The molecule has 0 aliphatic rings. The summed E-state index contributed by atoms with van der Waals surface area (Å²) in [5.74, 6) is 2.18. The fourth-order valence-electron chi connectivity index (χ4n) is 1.82. The zero-order valence-corrected chi connectivity index (χ0v) is 10.9. The van der Waals surface area contributed by atoms with Gasteiger partial charge in [-0.25, -0.2) is 0 Å². The highest BCUT2D eigenvalue weighted by Crippen LogP contribution is 2.33. The Labute approximate surface area is 107 Å². The lowest BCUT2D eigenvalue weighted by atomic mass is 10.1. The molecule has 2 N–H and O–H groups in total. The summed E-state index contributed by atoms with van der Waals surface area (Å²) in [7, 11) is 1.63. The Bertz CT molecular complexity index is 541. The largest absolute Gasteiger partial charge is 0.493 e. The summed E-state index contributed by atoms with van der Waals surface area (Å²) in [6.07, 6.45) is 0. The lowest BCUT2D eigenvalue weighted by Crippen LogP contribution is -1.95. The van der Waals surface area contributed by atoms with Crippen molar-refractivity contribution in [2.75, 3.05) is 12.8 Å². The molecular weight excluding hydrogens is 226 g/mol. The first-order chi connectivity index (χ1) is 8.61. The van der Waals surface area contributed by atoms with Crippen molar-refractivity contribution in [3.8, 4) is 17.2 Å². The van der Waals surface area contributed by atoms with Gasteiger partial charge in [0.25, 0.3) is 0 Å². The molecule has 2 aromatic carbocycles. The fraction of sp³-hybridized carbons (Fsp3) is 0.200. The maximum atomic E-state index is 5.92. The molecule has 0 atom stereocenters. The highest BCUT2D eigenvalue weighted by molar-refractivity contribution is 5.57. The van der Waals surface area contributed by atoms with Crippen LogP contribution in [0.3, 0.4) is 0 Å². The number of aryl methyl sites for hydroxylation is 2. The lowest BCUT2D eigenvalue weighted by Gasteiger charge is -2.12. The maximum Gasteiger partial charge on any atom is 0.169 e. The van der Waals surface area contributed by atoms with Gasteiger partial charge in [-0.15, -0.1) is 0 Å². The minimum Gasteiger partial charge on any atom is -0.493 e. The number of hydrogen-bond donors (Lipinski definition) is 1. The first kappa shape index (κ1) is 12.3. The third-order valence-corrected chi connectivity index (χ3v) is 2.86. The van der Waals surface area contributed by atoms with Gasteiger partial charge >= 0.3 is 0 Å². The zero-order valence-electron chi connectivity index (χ0n) is 10.9. The smallest absolute Gasteiger partial charge is 0.169 e. The van der Waals surface area contributed by atoms with E-state index in [1.807, 2.05) is 50.2 Å². The molecule has 0 heterocycles. The maximum absolute atomic E-state index is 5.92. The molecule has 2 rings (SSSR count). The summed E-state index contributed by atoms with van der Waals surface area (Å²) in [5, 5.41) is 0. The minimum absolute atomic E-state index is 0.698. The molecule has 0 fully saturated rings. The van der Waals surface area contributed by atoms with Crippen molar-refractivity contribution >= 4 is 5.69 Å². The summed E-state index contributed by atoms with van der Waals surface area (Å²) in [4.78, 5) is 0. The zero-order chi connectivity index (χ0) is 13.1. The van der Waals surface area contributed by atoms with Crippen LogP contribution in [-0.2, 0) is 0 Å². The molecule has 0 spiro atoms. The Morgan fingerprint density at radius 1 is 0.944 bits per heavy atom. The number of benzene rings is 2. The van der Waals surface area contributed by atoms with E-state index in [2.05, 4.69) is 0 Å². The van der Waals surface area contributed by atoms with Crippen LogP contribution in [0.5, 0.6) is 17.2 Å². The number of anilines is 1. The second-order valence-electron chi connectivity index (χ2n) is 4.22. The second-order valence-corrected chi connectivity index (χ2v) is 4.22. The van der Waals surface area contributed by atoms with Crippen LogP contribution in [0.1, 0.15) is 11.1 Å². The van der Waals surface area contributed by atoms with Crippen molar-refractivity contribution in [1.29, 1.82) is 0 Å². The van der Waals surface area contributed by atoms with Crippen LogP contribution in [0, 0.1) is 13.8 Å². The monoisotopic (exact) mass is 243 g/mol. The topological polar surface area (TPSA) is 44.5 Å². The molecule has 3 heteroatoms. The molecule has 0 aromatic heterocycles. The van der Waals surface area contributed by atoms with Gasteiger partial charge in [0.1, 0.15) is 5.75 Å². The van der Waals surface area contributed by atoms with Crippen LogP contribution in [-0.4, -0.2) is 7.11 Å². The van der Waals surface area contributed by atoms with Crippen LogP contribution in [0.25, 0.3) is 0 Å². The number of nitrogens with two attached hydrogens (primary N) is 1. The Morgan fingerprint density at radius 3 is 2.06 bits per heavy atom. The number of para-hydroxylation sites is 2. The normalized spacial score (nSPS) is 10.2. The number of ether oxygens (including phenoxy) is 2. The van der Waals surface area contributed by atoms with E-state index in [-0.39, 0.29) is 0 Å². The van der Waals surface area contributed by atoms with E-state index in [1.54, 1.807) is 7.11 Å². The van der Waals surface area contributed by atoms with E-state index in [0.29, 0.717) is 11.5 Å². The number of nitrogen functional groups attached to an aromatic ring is 1. The van der Waals surface area contributed by atoms with Gasteiger partial charge in [-0.3, -0.25) is 0 Å². The summed E-state index contributed by atoms with van der Waals surface area (Å²) < 4.78 is 11.1. The summed E-state index contributed by atoms with van der Waals surface area (Å²) in [5.41, 5.74) is 8.76. The van der Waals surface area contributed by atoms with Crippen molar-refractivity contribution in [2.24, 2.45) is 0 Å². The van der Waals surface area contributed by atoms with E-state index in [1.165, 1.54) is 0 Å². The van der Waals surface area contributed by atoms with E-state index in [0.717, 1.165) is 22.6 Å². The molecule has 94 valence electrons. The van der Waals surface area contributed by atoms with Gasteiger partial charge in [0, 0.05) is 5.69 Å². The van der Waals surface area contributed by atoms with Crippen LogP contribution >= 0.6 is 0 Å². The van der Waals surface area contributed by atoms with Crippen molar-refractivity contribution in [1.82, 2.24) is 0 Å². The van der Waals surface area contributed by atoms with Crippen molar-refractivity contribution in [2.45, 2.75) is 13.8 Å². The van der Waals surface area contributed by atoms with Crippen molar-refractivity contribution < 1.29 is 9.47 Å². The minimum atomic E-state index is 0.698. The average molecular weight is 243 g/mol. The van der Waals surface area contributed by atoms with E-state index in [9.17, 15) is 0 Å². The highest BCUT2D eigenvalue weighted by atomic mass is 16.5. The van der Waals surface area contributed by atoms with Gasteiger partial charge in [0.05, 0.1) is 7.11 Å². The number of rotatable bonds is 3. The predicted molar refractivity (Wildman–Crippen MR) is 73.4 cm³/mol. The molecule has 0 bridgehead atoms. The van der Waals surface area contributed by atoms with Gasteiger partial charge in [0.2, 0.25) is 0 Å². The first-order valence-corrected chi connectivity index (χ1v) is 5.79. The van der Waals surface area contributed by atoms with Gasteiger partial charge in [-0.2, -0.15) is 0 Å². The molecule has 0 aliphatic carbocycles. The summed E-state index contributed by atoms with van der Waals surface area (Å²) in [6, 6.07) is 11.4. The summed E-state index contributed by atoms with van der Waals surface area (Å²) >= 11 is 0. The van der Waals surface area contributed by atoms with Gasteiger partial charge < -0.3 is 15.2 Å². The van der Waals surface area contributed by atoms with Gasteiger partial charge in [0.15, 0.2) is 11.5 Å². The van der Waals surface area contributed by atoms with E-state index >= 15 is 0 Å². The lowest BCUT2D eigenvalue weighted by molar-refractivity contribution is 0.379. The van der Waals surface area contributed by atoms with E-state index < -0.39 is 0 Å². The molecule has 0 radical (unpaired) electrons. The molecule has 0 saturated heterocycles. The average Bonchev–Trinajstić information content (AvgIpc) is 2.36. The Morgan fingerprint density at radius 2 is 1.50 bits per heavy atom. The van der Waals surface area contributed by atoms with Crippen molar-refractivity contribution in [3.05, 3.63) is 47.5 Å². The third-order valence-electron chi connectivity index (χ3n) is 2.86.